The number of rotatable bonds is 6. The van der Waals surface area contributed by atoms with E-state index in [-0.39, 0.29) is 0 Å². The number of nitriles is 1. The molecule has 0 spiro atoms. The fourth-order valence-corrected chi connectivity index (χ4v) is 4.07. The maximum Gasteiger partial charge on any atom is 0.136 e. The van der Waals surface area contributed by atoms with E-state index in [1.54, 1.807) is 12.4 Å². The predicted molar refractivity (Wildman–Crippen MR) is 125 cm³/mol. The lowest BCUT2D eigenvalue weighted by molar-refractivity contribution is 0.647. The van der Waals surface area contributed by atoms with Crippen molar-refractivity contribution < 1.29 is 0 Å². The Morgan fingerprint density at radius 1 is 1.17 bits per heavy atom. The minimum atomic E-state index is 0.508. The van der Waals surface area contributed by atoms with Crippen molar-refractivity contribution in [3.8, 4) is 17.3 Å². The zero-order valence-corrected chi connectivity index (χ0v) is 17.8. The number of benzene rings is 2. The second kappa shape index (κ2) is 8.89. The van der Waals surface area contributed by atoms with Crippen molar-refractivity contribution in [2.75, 3.05) is 5.32 Å². The van der Waals surface area contributed by atoms with Gasteiger partial charge in [0.2, 0.25) is 0 Å². The molecular weight excluding hydrogens is 388 g/mol. The van der Waals surface area contributed by atoms with E-state index >= 15 is 0 Å². The number of allylic oxidation sites excluding steroid dienone is 1. The molecule has 0 amide bonds. The van der Waals surface area contributed by atoms with Crippen molar-refractivity contribution in [3.05, 3.63) is 82.9 Å². The minimum Gasteiger partial charge on any atom is -0.360 e. The number of hydrogen-bond donors (Lipinski definition) is 1. The van der Waals surface area contributed by atoms with Gasteiger partial charge in [-0.3, -0.25) is 4.98 Å². The summed E-state index contributed by atoms with van der Waals surface area (Å²) in [7, 11) is 0. The number of thiazole rings is 1. The van der Waals surface area contributed by atoms with Crippen molar-refractivity contribution >= 4 is 33.5 Å². The van der Waals surface area contributed by atoms with Crippen molar-refractivity contribution in [3.63, 3.8) is 0 Å². The lowest BCUT2D eigenvalue weighted by Gasteiger charge is -2.05. The number of nitrogens with one attached hydrogen (secondary N) is 1. The molecule has 1 N–H and O–H groups in total. The van der Waals surface area contributed by atoms with Crippen LogP contribution in [0.4, 0.5) is 5.69 Å². The Hall–Kier alpha value is -3.49. The topological polar surface area (TPSA) is 61.6 Å². The molecule has 0 unspecified atom stereocenters. The van der Waals surface area contributed by atoms with Gasteiger partial charge < -0.3 is 5.32 Å². The molecule has 4 rings (SSSR count). The van der Waals surface area contributed by atoms with E-state index in [1.807, 2.05) is 35.7 Å². The number of anilines is 1. The van der Waals surface area contributed by atoms with Gasteiger partial charge >= 0.3 is 0 Å². The molecule has 0 saturated carbocycles. The fraction of sp³-hybridized carbons (Fsp3) is 0.160. The average molecular weight is 411 g/mol. The van der Waals surface area contributed by atoms with Crippen molar-refractivity contribution in [2.45, 2.75) is 20.3 Å². The summed E-state index contributed by atoms with van der Waals surface area (Å²) >= 11 is 1.48. The summed E-state index contributed by atoms with van der Waals surface area (Å²) in [4.78, 5) is 9.01. The van der Waals surface area contributed by atoms with Crippen LogP contribution in [0.3, 0.4) is 0 Å². The fourth-order valence-electron chi connectivity index (χ4n) is 3.28. The van der Waals surface area contributed by atoms with E-state index < -0.39 is 0 Å². The molecule has 4 aromatic rings. The van der Waals surface area contributed by atoms with Crippen LogP contribution in [0.15, 0.2) is 72.4 Å². The van der Waals surface area contributed by atoms with Gasteiger partial charge in [-0.1, -0.05) is 44.2 Å². The van der Waals surface area contributed by atoms with E-state index in [0.29, 0.717) is 16.5 Å². The molecule has 0 bridgehead atoms. The molecule has 0 fully saturated rings. The number of fused-ring (bicyclic) bond motifs is 1. The van der Waals surface area contributed by atoms with Crippen molar-refractivity contribution in [1.29, 1.82) is 5.26 Å². The normalized spacial score (nSPS) is 11.6. The third kappa shape index (κ3) is 4.56. The zero-order valence-electron chi connectivity index (χ0n) is 17.0. The lowest BCUT2D eigenvalue weighted by atomic mass is 10.0. The quantitative estimate of drug-likeness (QED) is 0.367. The molecule has 30 heavy (non-hydrogen) atoms. The summed E-state index contributed by atoms with van der Waals surface area (Å²) in [5.41, 5.74) is 5.64. The maximum atomic E-state index is 9.63. The first-order chi connectivity index (χ1) is 14.6. The SMILES string of the molecule is CC(C)Cc1ccc(-c2csc(C(C#N)=CNc3ccc4ncccc4c3)n2)cc1. The molecule has 0 aliphatic rings. The van der Waals surface area contributed by atoms with Gasteiger partial charge in [0.1, 0.15) is 16.6 Å². The first-order valence-electron chi connectivity index (χ1n) is 9.89. The summed E-state index contributed by atoms with van der Waals surface area (Å²) in [5.74, 6) is 0.636. The van der Waals surface area contributed by atoms with E-state index in [4.69, 9.17) is 0 Å². The Bertz CT molecular complexity index is 1230. The number of nitrogens with zero attached hydrogens (tertiary/aromatic N) is 3. The summed E-state index contributed by atoms with van der Waals surface area (Å²) in [6, 6.07) is 20.6. The van der Waals surface area contributed by atoms with E-state index in [9.17, 15) is 5.26 Å². The lowest BCUT2D eigenvalue weighted by Crippen LogP contribution is -1.93. The van der Waals surface area contributed by atoms with Gasteiger partial charge in [-0.2, -0.15) is 5.26 Å². The van der Waals surface area contributed by atoms with E-state index in [2.05, 4.69) is 59.5 Å². The van der Waals surface area contributed by atoms with Crippen LogP contribution in [0, 0.1) is 17.2 Å². The van der Waals surface area contributed by atoms with Crippen LogP contribution < -0.4 is 5.32 Å². The first kappa shape index (κ1) is 19.8. The Morgan fingerprint density at radius 3 is 2.77 bits per heavy atom. The number of aromatic nitrogens is 2. The molecule has 0 aliphatic heterocycles. The standard InChI is InChI=1S/C25H22N4S/c1-17(2)12-18-5-7-19(8-6-18)24-16-30-25(29-24)21(14-26)15-28-22-9-10-23-20(13-22)4-3-11-27-23/h3-11,13,15-17,28H,12H2,1-2H3. The third-order valence-corrected chi connectivity index (χ3v) is 5.61. The molecular formula is C25H22N4S. The Kier molecular flexibility index (Phi) is 5.87. The highest BCUT2D eigenvalue weighted by atomic mass is 32.1. The second-order valence-electron chi connectivity index (χ2n) is 7.56. The molecule has 148 valence electrons. The first-order valence-corrected chi connectivity index (χ1v) is 10.8. The molecule has 5 heteroatoms. The Balaban J connectivity index is 1.52. The highest BCUT2D eigenvalue weighted by Gasteiger charge is 2.09. The second-order valence-corrected chi connectivity index (χ2v) is 8.42. The highest BCUT2D eigenvalue weighted by Crippen LogP contribution is 2.27. The Morgan fingerprint density at radius 2 is 2.00 bits per heavy atom. The molecule has 2 aromatic carbocycles. The van der Waals surface area contributed by atoms with E-state index in [0.717, 1.165) is 34.3 Å². The Labute approximate surface area is 180 Å². The minimum absolute atomic E-state index is 0.508. The van der Waals surface area contributed by atoms with Gasteiger partial charge in [-0.15, -0.1) is 11.3 Å². The molecule has 2 aromatic heterocycles. The van der Waals surface area contributed by atoms with Crippen LogP contribution in [0.1, 0.15) is 24.4 Å². The zero-order chi connectivity index (χ0) is 20.9. The monoisotopic (exact) mass is 410 g/mol. The van der Waals surface area contributed by atoms with Gasteiger partial charge in [-0.25, -0.2) is 4.98 Å². The largest absolute Gasteiger partial charge is 0.360 e. The van der Waals surface area contributed by atoms with Gasteiger partial charge in [-0.05, 0) is 42.2 Å². The summed E-state index contributed by atoms with van der Waals surface area (Å²) < 4.78 is 0. The summed E-state index contributed by atoms with van der Waals surface area (Å²) in [5, 5.41) is 16.6. The van der Waals surface area contributed by atoms with Gasteiger partial charge in [0.25, 0.3) is 0 Å². The van der Waals surface area contributed by atoms with Crippen molar-refractivity contribution in [2.24, 2.45) is 5.92 Å². The molecule has 4 nitrogen and oxygen atoms in total. The molecule has 2 heterocycles. The van der Waals surface area contributed by atoms with Gasteiger partial charge in [0.05, 0.1) is 11.2 Å². The summed E-state index contributed by atoms with van der Waals surface area (Å²) in [6.45, 7) is 4.44. The third-order valence-electron chi connectivity index (χ3n) is 4.73. The molecule has 0 aliphatic carbocycles. The van der Waals surface area contributed by atoms with Crippen LogP contribution in [-0.2, 0) is 6.42 Å². The number of pyridine rings is 1. The van der Waals surface area contributed by atoms with E-state index in [1.165, 1.54) is 16.9 Å². The molecule has 0 saturated heterocycles. The van der Waals surface area contributed by atoms with Gasteiger partial charge in [0.15, 0.2) is 0 Å². The van der Waals surface area contributed by atoms with Gasteiger partial charge in [0, 0.05) is 34.4 Å². The van der Waals surface area contributed by atoms with Crippen LogP contribution in [0.5, 0.6) is 0 Å². The number of hydrogen-bond acceptors (Lipinski definition) is 5. The highest BCUT2D eigenvalue weighted by molar-refractivity contribution is 7.11. The van der Waals surface area contributed by atoms with Crippen LogP contribution in [-0.4, -0.2) is 9.97 Å². The van der Waals surface area contributed by atoms with Crippen molar-refractivity contribution in [1.82, 2.24) is 9.97 Å². The van der Waals surface area contributed by atoms with Crippen LogP contribution in [0.25, 0.3) is 27.7 Å². The summed E-state index contributed by atoms with van der Waals surface area (Å²) in [6.07, 6.45) is 4.56. The van der Waals surface area contributed by atoms with Crippen LogP contribution >= 0.6 is 11.3 Å². The predicted octanol–water partition coefficient (Wildman–Crippen LogP) is 6.53. The van der Waals surface area contributed by atoms with Crippen LogP contribution in [0.2, 0.25) is 0 Å². The maximum absolute atomic E-state index is 9.63. The molecule has 0 atom stereocenters. The smallest absolute Gasteiger partial charge is 0.136 e. The molecule has 0 radical (unpaired) electrons. The average Bonchev–Trinajstić information content (AvgIpc) is 3.24.